The molecule has 3 aromatic rings. The highest BCUT2D eigenvalue weighted by Gasteiger charge is 2.47. The van der Waals surface area contributed by atoms with Gasteiger partial charge < -0.3 is 9.84 Å². The summed E-state index contributed by atoms with van der Waals surface area (Å²) < 4.78 is 5.17. The van der Waals surface area contributed by atoms with E-state index in [9.17, 15) is 14.7 Å². The first-order valence-electron chi connectivity index (χ1n) is 10.9. The Bertz CT molecular complexity index is 1310. The van der Waals surface area contributed by atoms with E-state index in [-0.39, 0.29) is 32.3 Å². The minimum atomic E-state index is -0.899. The maximum absolute atomic E-state index is 13.3. The lowest BCUT2D eigenvalue weighted by Gasteiger charge is -2.26. The van der Waals surface area contributed by atoms with Crippen LogP contribution in [0, 0.1) is 0 Å². The predicted octanol–water partition coefficient (Wildman–Crippen LogP) is 6.32. The van der Waals surface area contributed by atoms with Crippen LogP contribution in [-0.4, -0.2) is 28.9 Å². The van der Waals surface area contributed by atoms with Crippen molar-refractivity contribution in [3.63, 3.8) is 0 Å². The molecular formula is C27H24Cl2N2O4. The number of aliphatic hydroxyl groups excluding tert-OH is 1. The molecule has 1 aromatic heterocycles. The van der Waals surface area contributed by atoms with Crippen LogP contribution in [0.1, 0.15) is 43.5 Å². The Kier molecular flexibility index (Phi) is 6.62. The van der Waals surface area contributed by atoms with Crippen LogP contribution in [-0.2, 0) is 15.0 Å². The Hall–Kier alpha value is -3.35. The van der Waals surface area contributed by atoms with E-state index in [2.05, 4.69) is 25.8 Å². The summed E-state index contributed by atoms with van der Waals surface area (Å²) >= 11 is 12.5. The highest BCUT2D eigenvalue weighted by molar-refractivity contribution is 6.51. The molecule has 8 heteroatoms. The largest absolute Gasteiger partial charge is 0.507 e. The molecule has 180 valence electrons. The molecule has 0 aliphatic carbocycles. The third-order valence-corrected chi connectivity index (χ3v) is 6.49. The lowest BCUT2D eigenvalue weighted by Crippen LogP contribution is -2.29. The van der Waals surface area contributed by atoms with Gasteiger partial charge in [0.1, 0.15) is 5.76 Å². The Labute approximate surface area is 213 Å². The fourth-order valence-electron chi connectivity index (χ4n) is 4.12. The number of pyridine rings is 1. The number of rotatable bonds is 4. The molecule has 1 fully saturated rings. The number of hydrogen-bond donors (Lipinski definition) is 1. The third kappa shape index (κ3) is 4.51. The van der Waals surface area contributed by atoms with Crippen LogP contribution < -0.4 is 9.64 Å². The summed E-state index contributed by atoms with van der Waals surface area (Å²) in [6.45, 7) is 6.28. The van der Waals surface area contributed by atoms with Crippen molar-refractivity contribution < 1.29 is 19.4 Å². The SMILES string of the molecule is COc1c(Cl)cc(/C(O)=C2\C(=O)C(=O)N(c3ccc(C(C)(C)C)cc3)C2c2cccnc2)cc1Cl. The fourth-order valence-corrected chi connectivity index (χ4v) is 4.76. The van der Waals surface area contributed by atoms with Gasteiger partial charge in [0.2, 0.25) is 0 Å². The first-order valence-corrected chi connectivity index (χ1v) is 11.6. The molecule has 1 aliphatic rings. The van der Waals surface area contributed by atoms with E-state index in [4.69, 9.17) is 27.9 Å². The summed E-state index contributed by atoms with van der Waals surface area (Å²) in [6, 6.07) is 12.9. The highest BCUT2D eigenvalue weighted by atomic mass is 35.5. The summed E-state index contributed by atoms with van der Waals surface area (Å²) in [5.74, 6) is -1.72. The van der Waals surface area contributed by atoms with Gasteiger partial charge in [0.25, 0.3) is 11.7 Å². The Morgan fingerprint density at radius 2 is 1.69 bits per heavy atom. The number of ether oxygens (including phenoxy) is 1. The first-order chi connectivity index (χ1) is 16.5. The van der Waals surface area contributed by atoms with E-state index >= 15 is 0 Å². The molecule has 6 nitrogen and oxygen atoms in total. The number of ketones is 1. The van der Waals surface area contributed by atoms with Crippen LogP contribution in [0.3, 0.4) is 0 Å². The molecule has 2 heterocycles. The van der Waals surface area contributed by atoms with Gasteiger partial charge in [0.15, 0.2) is 5.75 Å². The number of aromatic nitrogens is 1. The maximum atomic E-state index is 13.3. The number of aliphatic hydroxyl groups is 1. The smallest absolute Gasteiger partial charge is 0.300 e. The van der Waals surface area contributed by atoms with Crippen LogP contribution in [0.4, 0.5) is 5.69 Å². The van der Waals surface area contributed by atoms with Crippen LogP contribution in [0.2, 0.25) is 10.0 Å². The minimum absolute atomic E-state index is 0.0810. The predicted molar refractivity (Wildman–Crippen MR) is 137 cm³/mol. The average molecular weight is 511 g/mol. The zero-order valence-electron chi connectivity index (χ0n) is 19.7. The number of anilines is 1. The van der Waals surface area contributed by atoms with E-state index in [0.29, 0.717) is 11.3 Å². The van der Waals surface area contributed by atoms with E-state index in [1.165, 1.54) is 24.1 Å². The monoisotopic (exact) mass is 510 g/mol. The minimum Gasteiger partial charge on any atom is -0.507 e. The molecule has 1 N–H and O–H groups in total. The van der Waals surface area contributed by atoms with E-state index < -0.39 is 23.5 Å². The molecular weight excluding hydrogens is 487 g/mol. The van der Waals surface area contributed by atoms with Crippen molar-refractivity contribution in [2.75, 3.05) is 12.0 Å². The van der Waals surface area contributed by atoms with Crippen LogP contribution >= 0.6 is 23.2 Å². The third-order valence-electron chi connectivity index (χ3n) is 5.93. The fraction of sp³-hybridized carbons (Fsp3) is 0.222. The number of Topliss-reactive ketones (excluding diaryl/α,β-unsaturated/α-hetero) is 1. The van der Waals surface area contributed by atoms with Crippen molar-refractivity contribution in [1.82, 2.24) is 4.98 Å². The second kappa shape index (κ2) is 9.36. The van der Waals surface area contributed by atoms with Gasteiger partial charge in [-0.15, -0.1) is 0 Å². The molecule has 1 amide bonds. The molecule has 0 radical (unpaired) electrons. The number of amides is 1. The van der Waals surface area contributed by atoms with Crippen molar-refractivity contribution in [2.24, 2.45) is 0 Å². The standard InChI is InChI=1S/C27H24Cl2N2O4/c1-27(2,3)17-7-9-18(10-8-17)31-22(15-6-5-11-30-14-15)21(24(33)26(31)34)23(32)16-12-19(28)25(35-4)20(29)13-16/h5-14,22,32H,1-4H3/b23-21+. The number of hydrogen-bond acceptors (Lipinski definition) is 5. The number of methoxy groups -OCH3 is 1. The summed E-state index contributed by atoms with van der Waals surface area (Å²) in [5.41, 5.74) is 2.20. The van der Waals surface area contributed by atoms with Crippen molar-refractivity contribution in [2.45, 2.75) is 32.2 Å². The van der Waals surface area contributed by atoms with Gasteiger partial charge in [-0.3, -0.25) is 19.5 Å². The molecule has 0 bridgehead atoms. The Morgan fingerprint density at radius 1 is 1.06 bits per heavy atom. The van der Waals surface area contributed by atoms with E-state index in [0.717, 1.165) is 5.56 Å². The summed E-state index contributed by atoms with van der Waals surface area (Å²) in [7, 11) is 1.42. The van der Waals surface area contributed by atoms with Crippen molar-refractivity contribution >= 4 is 46.3 Å². The van der Waals surface area contributed by atoms with Crippen LogP contribution in [0.25, 0.3) is 5.76 Å². The molecule has 1 aliphatic heterocycles. The zero-order chi connectivity index (χ0) is 25.5. The second-order valence-electron chi connectivity index (χ2n) is 9.23. The van der Waals surface area contributed by atoms with Gasteiger partial charge in [-0.25, -0.2) is 0 Å². The molecule has 4 rings (SSSR count). The van der Waals surface area contributed by atoms with Crippen molar-refractivity contribution in [3.8, 4) is 5.75 Å². The molecule has 0 saturated carbocycles. The van der Waals surface area contributed by atoms with Gasteiger partial charge in [-0.2, -0.15) is 0 Å². The van der Waals surface area contributed by atoms with Gasteiger partial charge in [0.05, 0.1) is 28.8 Å². The van der Waals surface area contributed by atoms with Crippen molar-refractivity contribution in [1.29, 1.82) is 0 Å². The molecule has 1 atom stereocenters. The molecule has 0 spiro atoms. The Balaban J connectivity index is 1.91. The van der Waals surface area contributed by atoms with Crippen LogP contribution in [0.15, 0.2) is 66.5 Å². The average Bonchev–Trinajstić information content (AvgIpc) is 3.09. The number of benzene rings is 2. The number of nitrogens with zero attached hydrogens (tertiary/aromatic N) is 2. The first kappa shape index (κ1) is 24.8. The highest BCUT2D eigenvalue weighted by Crippen LogP contribution is 2.44. The second-order valence-corrected chi connectivity index (χ2v) is 10.0. The molecule has 1 saturated heterocycles. The quantitative estimate of drug-likeness (QED) is 0.252. The number of halogens is 2. The molecule has 35 heavy (non-hydrogen) atoms. The van der Waals surface area contributed by atoms with Gasteiger partial charge in [0, 0.05) is 23.6 Å². The summed E-state index contributed by atoms with van der Waals surface area (Å²) in [5, 5.41) is 11.6. The van der Waals surface area contributed by atoms with Crippen LogP contribution in [0.5, 0.6) is 5.75 Å². The van der Waals surface area contributed by atoms with Gasteiger partial charge >= 0.3 is 0 Å². The maximum Gasteiger partial charge on any atom is 0.300 e. The summed E-state index contributed by atoms with van der Waals surface area (Å²) in [4.78, 5) is 32.1. The normalized spacial score (nSPS) is 17.7. The van der Waals surface area contributed by atoms with Gasteiger partial charge in [-0.05, 0) is 46.9 Å². The van der Waals surface area contributed by atoms with Gasteiger partial charge in [-0.1, -0.05) is 62.2 Å². The lowest BCUT2D eigenvalue weighted by molar-refractivity contribution is -0.132. The van der Waals surface area contributed by atoms with E-state index in [1.54, 1.807) is 36.7 Å². The topological polar surface area (TPSA) is 79.7 Å². The number of carbonyl (C=O) groups excluding carboxylic acids is 2. The van der Waals surface area contributed by atoms with E-state index in [1.807, 2.05) is 12.1 Å². The Morgan fingerprint density at radius 3 is 2.20 bits per heavy atom. The molecule has 1 unspecified atom stereocenters. The van der Waals surface area contributed by atoms with Crippen molar-refractivity contribution in [3.05, 3.63) is 93.2 Å². The lowest BCUT2D eigenvalue weighted by atomic mass is 9.87. The molecule has 2 aromatic carbocycles. The number of carbonyl (C=O) groups is 2. The summed E-state index contributed by atoms with van der Waals surface area (Å²) in [6.07, 6.45) is 3.16. The zero-order valence-corrected chi connectivity index (χ0v) is 21.2.